The van der Waals surface area contributed by atoms with Crippen molar-refractivity contribution in [3.63, 3.8) is 0 Å². The molecule has 1 aliphatic heterocycles. The van der Waals surface area contributed by atoms with Gasteiger partial charge >= 0.3 is 0 Å². The second kappa shape index (κ2) is 3.54. The molecular weight excluding hydrogens is 188 g/mol. The van der Waals surface area contributed by atoms with Crippen LogP contribution in [0.2, 0.25) is 0 Å². The van der Waals surface area contributed by atoms with Crippen LogP contribution in [0.4, 0.5) is 0 Å². The van der Waals surface area contributed by atoms with Gasteiger partial charge in [0.1, 0.15) is 17.1 Å². The minimum Gasteiger partial charge on any atom is -0.482 e. The van der Waals surface area contributed by atoms with Gasteiger partial charge in [0.2, 0.25) is 0 Å². The molecule has 0 saturated heterocycles. The van der Waals surface area contributed by atoms with Crippen molar-refractivity contribution in [2.75, 3.05) is 0 Å². The molecule has 1 aromatic rings. The molecule has 0 aliphatic carbocycles. The summed E-state index contributed by atoms with van der Waals surface area (Å²) in [5.41, 5.74) is 0.582. The van der Waals surface area contributed by atoms with Crippen LogP contribution in [0, 0.1) is 0 Å². The van der Waals surface area contributed by atoms with Crippen molar-refractivity contribution < 1.29 is 9.53 Å². The van der Waals surface area contributed by atoms with Gasteiger partial charge < -0.3 is 4.74 Å². The number of carbonyl (C=O) groups is 1. The highest BCUT2D eigenvalue weighted by atomic mass is 16.5. The number of benzene rings is 1. The van der Waals surface area contributed by atoms with Gasteiger partial charge in [0.25, 0.3) is 0 Å². The van der Waals surface area contributed by atoms with Crippen molar-refractivity contribution >= 4 is 11.9 Å². The molecular formula is C13H14O2. The van der Waals surface area contributed by atoms with Crippen LogP contribution in [0.1, 0.15) is 25.8 Å². The van der Waals surface area contributed by atoms with Gasteiger partial charge in [-0.1, -0.05) is 24.3 Å². The number of hydrogen-bond donors (Lipinski definition) is 0. The van der Waals surface area contributed by atoms with E-state index in [4.69, 9.17) is 4.74 Å². The summed E-state index contributed by atoms with van der Waals surface area (Å²) in [5, 5.41) is 0. The molecule has 0 fully saturated rings. The van der Waals surface area contributed by atoms with Crippen LogP contribution in [0.5, 0.6) is 5.75 Å². The van der Waals surface area contributed by atoms with Crippen molar-refractivity contribution in [3.05, 3.63) is 35.9 Å². The monoisotopic (exact) mass is 202 g/mol. The SMILES string of the molecule is CC(=O)CC1(C)C=Cc2ccccc2O1. The third-order valence-corrected chi connectivity index (χ3v) is 2.48. The summed E-state index contributed by atoms with van der Waals surface area (Å²) in [6, 6.07) is 7.84. The maximum absolute atomic E-state index is 11.1. The number of rotatable bonds is 2. The molecule has 78 valence electrons. The minimum absolute atomic E-state index is 0.140. The first-order chi connectivity index (χ1) is 7.09. The molecule has 0 saturated carbocycles. The molecule has 0 radical (unpaired) electrons. The highest BCUT2D eigenvalue weighted by Gasteiger charge is 2.28. The zero-order valence-electron chi connectivity index (χ0n) is 8.99. The smallest absolute Gasteiger partial charge is 0.134 e. The van der Waals surface area contributed by atoms with Crippen LogP contribution in [0.3, 0.4) is 0 Å². The van der Waals surface area contributed by atoms with Crippen LogP contribution in [-0.2, 0) is 4.79 Å². The van der Waals surface area contributed by atoms with E-state index < -0.39 is 5.60 Å². The Bertz CT molecular complexity index is 420. The van der Waals surface area contributed by atoms with Gasteiger partial charge in [0.05, 0.1) is 0 Å². The Morgan fingerprint density at radius 1 is 1.40 bits per heavy atom. The highest BCUT2D eigenvalue weighted by molar-refractivity contribution is 5.77. The summed E-state index contributed by atoms with van der Waals surface area (Å²) in [4.78, 5) is 11.1. The first-order valence-corrected chi connectivity index (χ1v) is 5.06. The molecule has 2 nitrogen and oxygen atoms in total. The number of fused-ring (bicyclic) bond motifs is 1. The Morgan fingerprint density at radius 2 is 2.13 bits per heavy atom. The molecule has 0 aromatic heterocycles. The summed E-state index contributed by atoms with van der Waals surface area (Å²) in [5.74, 6) is 0.991. The Labute approximate surface area is 89.6 Å². The van der Waals surface area contributed by atoms with Gasteiger partial charge in [0, 0.05) is 12.0 Å². The van der Waals surface area contributed by atoms with E-state index in [-0.39, 0.29) is 5.78 Å². The summed E-state index contributed by atoms with van der Waals surface area (Å²) >= 11 is 0. The molecule has 0 amide bonds. The van der Waals surface area contributed by atoms with E-state index in [1.54, 1.807) is 6.92 Å². The van der Waals surface area contributed by atoms with Gasteiger partial charge in [-0.05, 0) is 26.0 Å². The average Bonchev–Trinajstić information content (AvgIpc) is 2.15. The second-order valence-electron chi connectivity index (χ2n) is 4.16. The summed E-state index contributed by atoms with van der Waals surface area (Å²) in [7, 11) is 0. The van der Waals surface area contributed by atoms with E-state index in [1.807, 2.05) is 43.3 Å². The number of para-hydroxylation sites is 1. The first-order valence-electron chi connectivity index (χ1n) is 5.06. The van der Waals surface area contributed by atoms with Crippen molar-refractivity contribution in [2.45, 2.75) is 25.9 Å². The summed E-state index contributed by atoms with van der Waals surface area (Å²) in [6.07, 6.45) is 4.39. The molecule has 0 N–H and O–H groups in total. The topological polar surface area (TPSA) is 26.3 Å². The quantitative estimate of drug-likeness (QED) is 0.737. The van der Waals surface area contributed by atoms with Gasteiger partial charge in [0.15, 0.2) is 0 Å². The van der Waals surface area contributed by atoms with Crippen LogP contribution in [0.25, 0.3) is 6.08 Å². The lowest BCUT2D eigenvalue weighted by Crippen LogP contribution is -2.33. The van der Waals surface area contributed by atoms with Crippen LogP contribution in [-0.4, -0.2) is 11.4 Å². The predicted octanol–water partition coefficient (Wildman–Crippen LogP) is 2.83. The van der Waals surface area contributed by atoms with Crippen molar-refractivity contribution in [1.29, 1.82) is 0 Å². The molecule has 1 aromatic carbocycles. The largest absolute Gasteiger partial charge is 0.482 e. The van der Waals surface area contributed by atoms with Crippen molar-refractivity contribution in [1.82, 2.24) is 0 Å². The Kier molecular flexibility index (Phi) is 2.35. The standard InChI is InChI=1S/C13H14O2/c1-10(14)9-13(2)8-7-11-5-3-4-6-12(11)15-13/h3-8H,9H2,1-2H3. The Balaban J connectivity index is 2.28. The van der Waals surface area contributed by atoms with Gasteiger partial charge in [-0.2, -0.15) is 0 Å². The lowest BCUT2D eigenvalue weighted by atomic mass is 9.95. The number of carbonyl (C=O) groups excluding carboxylic acids is 1. The molecule has 0 spiro atoms. The van der Waals surface area contributed by atoms with Crippen LogP contribution >= 0.6 is 0 Å². The zero-order valence-corrected chi connectivity index (χ0v) is 8.99. The molecule has 1 aliphatic rings. The van der Waals surface area contributed by atoms with Crippen LogP contribution in [0.15, 0.2) is 30.3 Å². The van der Waals surface area contributed by atoms with E-state index in [2.05, 4.69) is 0 Å². The minimum atomic E-state index is -0.486. The highest BCUT2D eigenvalue weighted by Crippen LogP contribution is 2.32. The fourth-order valence-electron chi connectivity index (χ4n) is 1.85. The van der Waals surface area contributed by atoms with Crippen molar-refractivity contribution in [3.8, 4) is 5.75 Å². The van der Waals surface area contributed by atoms with E-state index in [0.29, 0.717) is 6.42 Å². The number of Topliss-reactive ketones (excluding diaryl/α,β-unsaturated/α-hetero) is 1. The average molecular weight is 202 g/mol. The van der Waals surface area contributed by atoms with Gasteiger partial charge in [-0.25, -0.2) is 0 Å². The molecule has 1 unspecified atom stereocenters. The fraction of sp³-hybridized carbons (Fsp3) is 0.308. The predicted molar refractivity (Wildman–Crippen MR) is 59.8 cm³/mol. The Hall–Kier alpha value is -1.57. The first kappa shape index (κ1) is 9.97. The Morgan fingerprint density at radius 3 is 2.87 bits per heavy atom. The summed E-state index contributed by atoms with van der Waals surface area (Å²) < 4.78 is 5.82. The molecule has 2 heteroatoms. The second-order valence-corrected chi connectivity index (χ2v) is 4.16. The fourth-order valence-corrected chi connectivity index (χ4v) is 1.85. The van der Waals surface area contributed by atoms with E-state index >= 15 is 0 Å². The van der Waals surface area contributed by atoms with E-state index in [9.17, 15) is 4.79 Å². The molecule has 0 bridgehead atoms. The van der Waals surface area contributed by atoms with Gasteiger partial charge in [-0.3, -0.25) is 4.79 Å². The van der Waals surface area contributed by atoms with E-state index in [0.717, 1.165) is 11.3 Å². The van der Waals surface area contributed by atoms with Crippen molar-refractivity contribution in [2.24, 2.45) is 0 Å². The van der Waals surface area contributed by atoms with Gasteiger partial charge in [-0.15, -0.1) is 0 Å². The van der Waals surface area contributed by atoms with E-state index in [1.165, 1.54) is 0 Å². The molecule has 2 rings (SSSR count). The molecule has 1 heterocycles. The summed E-state index contributed by atoms with van der Waals surface area (Å²) in [6.45, 7) is 3.52. The third-order valence-electron chi connectivity index (χ3n) is 2.48. The normalized spacial score (nSPS) is 23.1. The van der Waals surface area contributed by atoms with Crippen LogP contribution < -0.4 is 4.74 Å². The lowest BCUT2D eigenvalue weighted by molar-refractivity contribution is -0.119. The number of hydrogen-bond acceptors (Lipinski definition) is 2. The number of ether oxygens (including phenoxy) is 1. The third kappa shape index (κ3) is 2.09. The zero-order chi connectivity index (χ0) is 10.9. The lowest BCUT2D eigenvalue weighted by Gasteiger charge is -2.30. The molecule has 1 atom stereocenters. The molecule has 15 heavy (non-hydrogen) atoms. The maximum atomic E-state index is 11.1. The maximum Gasteiger partial charge on any atom is 0.134 e. The number of ketones is 1.